The predicted octanol–water partition coefficient (Wildman–Crippen LogP) is 0.485. The Morgan fingerprint density at radius 3 is 2.89 bits per heavy atom. The molecule has 98 valence electrons. The van der Waals surface area contributed by atoms with Gasteiger partial charge < -0.3 is 20.3 Å². The fraction of sp³-hybridized carbons (Fsp3) is 0.100. The van der Waals surface area contributed by atoms with Crippen LogP contribution in [0.5, 0.6) is 0 Å². The molecule has 0 unspecified atom stereocenters. The number of carbonyl (C=O) groups excluding carboxylic acids is 1. The highest BCUT2D eigenvalue weighted by atomic mass is 16.5. The second kappa shape index (κ2) is 5.58. The molecule has 3 N–H and O–H groups in total. The SMILES string of the molecule is O=C(NCc1ncon1)Nc1cncc(C(=O)O)c1. The Morgan fingerprint density at radius 2 is 2.21 bits per heavy atom. The van der Waals surface area contributed by atoms with Crippen LogP contribution in [0.2, 0.25) is 0 Å². The molecule has 2 aromatic heterocycles. The lowest BCUT2D eigenvalue weighted by atomic mass is 10.3. The van der Waals surface area contributed by atoms with Gasteiger partial charge in [-0.1, -0.05) is 5.16 Å². The van der Waals surface area contributed by atoms with E-state index in [1.54, 1.807) is 0 Å². The third-order valence-electron chi connectivity index (χ3n) is 2.06. The van der Waals surface area contributed by atoms with Crippen molar-refractivity contribution in [1.29, 1.82) is 0 Å². The quantitative estimate of drug-likeness (QED) is 0.731. The van der Waals surface area contributed by atoms with Gasteiger partial charge in [0.15, 0.2) is 5.82 Å². The predicted molar refractivity (Wildman–Crippen MR) is 61.4 cm³/mol. The summed E-state index contributed by atoms with van der Waals surface area (Å²) in [6.07, 6.45) is 3.67. The summed E-state index contributed by atoms with van der Waals surface area (Å²) in [4.78, 5) is 29.7. The zero-order valence-corrected chi connectivity index (χ0v) is 9.53. The van der Waals surface area contributed by atoms with E-state index in [1.807, 2.05) is 0 Å². The lowest BCUT2D eigenvalue weighted by Crippen LogP contribution is -2.28. The van der Waals surface area contributed by atoms with Gasteiger partial charge >= 0.3 is 12.0 Å². The molecule has 19 heavy (non-hydrogen) atoms. The Morgan fingerprint density at radius 1 is 1.37 bits per heavy atom. The number of nitrogens with zero attached hydrogens (tertiary/aromatic N) is 3. The van der Waals surface area contributed by atoms with E-state index in [-0.39, 0.29) is 17.8 Å². The summed E-state index contributed by atoms with van der Waals surface area (Å²) in [5.74, 6) is -0.795. The van der Waals surface area contributed by atoms with Crippen LogP contribution in [0.1, 0.15) is 16.2 Å². The minimum atomic E-state index is -1.12. The summed E-state index contributed by atoms with van der Waals surface area (Å²) >= 11 is 0. The first-order valence-electron chi connectivity index (χ1n) is 5.13. The molecule has 0 saturated carbocycles. The van der Waals surface area contributed by atoms with Crippen molar-refractivity contribution in [3.05, 3.63) is 36.2 Å². The van der Waals surface area contributed by atoms with Crippen LogP contribution in [0.3, 0.4) is 0 Å². The van der Waals surface area contributed by atoms with Crippen molar-refractivity contribution in [3.8, 4) is 0 Å². The van der Waals surface area contributed by atoms with Gasteiger partial charge in [-0.2, -0.15) is 4.98 Å². The summed E-state index contributed by atoms with van der Waals surface area (Å²) in [5.41, 5.74) is 0.251. The van der Waals surface area contributed by atoms with Gasteiger partial charge in [0.05, 0.1) is 24.0 Å². The molecule has 0 spiro atoms. The molecule has 2 rings (SSSR count). The molecular formula is C10H9N5O4. The summed E-state index contributed by atoms with van der Waals surface area (Å²) < 4.78 is 4.50. The van der Waals surface area contributed by atoms with E-state index in [0.29, 0.717) is 5.82 Å². The lowest BCUT2D eigenvalue weighted by Gasteiger charge is -2.05. The second-order valence-corrected chi connectivity index (χ2v) is 3.42. The molecule has 0 saturated heterocycles. The first kappa shape index (κ1) is 12.5. The van der Waals surface area contributed by atoms with E-state index in [1.165, 1.54) is 18.5 Å². The number of aromatic carboxylic acids is 1. The molecule has 2 heterocycles. The minimum absolute atomic E-state index is 0.0176. The van der Waals surface area contributed by atoms with Gasteiger partial charge in [0.2, 0.25) is 6.39 Å². The van der Waals surface area contributed by atoms with Crippen molar-refractivity contribution in [2.24, 2.45) is 0 Å². The molecule has 0 aliphatic carbocycles. The largest absolute Gasteiger partial charge is 0.478 e. The highest BCUT2D eigenvalue weighted by molar-refractivity contribution is 5.92. The highest BCUT2D eigenvalue weighted by Gasteiger charge is 2.07. The molecular weight excluding hydrogens is 254 g/mol. The maximum Gasteiger partial charge on any atom is 0.337 e. The number of hydrogen-bond acceptors (Lipinski definition) is 6. The van der Waals surface area contributed by atoms with Crippen LogP contribution in [-0.2, 0) is 6.54 Å². The summed E-state index contributed by atoms with van der Waals surface area (Å²) in [5, 5.41) is 17.2. The fourth-order valence-electron chi connectivity index (χ4n) is 1.23. The Hall–Kier alpha value is -2.97. The zero-order chi connectivity index (χ0) is 13.7. The highest BCUT2D eigenvalue weighted by Crippen LogP contribution is 2.08. The van der Waals surface area contributed by atoms with E-state index in [4.69, 9.17) is 5.11 Å². The Balaban J connectivity index is 1.91. The normalized spacial score (nSPS) is 9.89. The summed E-state index contributed by atoms with van der Waals surface area (Å²) in [7, 11) is 0. The second-order valence-electron chi connectivity index (χ2n) is 3.42. The van der Waals surface area contributed by atoms with Crippen LogP contribution in [0.15, 0.2) is 29.4 Å². The number of amides is 2. The van der Waals surface area contributed by atoms with Gasteiger partial charge in [-0.25, -0.2) is 9.59 Å². The van der Waals surface area contributed by atoms with Gasteiger partial charge in [-0.3, -0.25) is 4.98 Å². The van der Waals surface area contributed by atoms with Crippen LogP contribution in [0.4, 0.5) is 10.5 Å². The number of nitrogens with one attached hydrogen (secondary N) is 2. The molecule has 2 amide bonds. The van der Waals surface area contributed by atoms with E-state index < -0.39 is 12.0 Å². The van der Waals surface area contributed by atoms with Crippen LogP contribution >= 0.6 is 0 Å². The average Bonchev–Trinajstić information content (AvgIpc) is 2.90. The smallest absolute Gasteiger partial charge is 0.337 e. The molecule has 0 bridgehead atoms. The van der Waals surface area contributed by atoms with Crippen molar-refractivity contribution in [2.45, 2.75) is 6.54 Å². The van der Waals surface area contributed by atoms with Gasteiger partial charge in [-0.15, -0.1) is 0 Å². The summed E-state index contributed by atoms with van der Waals surface area (Å²) in [6, 6.07) is 0.762. The molecule has 2 aromatic rings. The van der Waals surface area contributed by atoms with Crippen molar-refractivity contribution in [1.82, 2.24) is 20.4 Å². The number of carboxylic acids is 1. The van der Waals surface area contributed by atoms with Gasteiger partial charge in [0.1, 0.15) is 0 Å². The number of anilines is 1. The van der Waals surface area contributed by atoms with E-state index in [0.717, 1.165) is 6.39 Å². The molecule has 0 aliphatic heterocycles. The number of carboxylic acid groups (broad SMARTS) is 1. The van der Waals surface area contributed by atoms with E-state index in [9.17, 15) is 9.59 Å². The van der Waals surface area contributed by atoms with Gasteiger partial charge in [-0.05, 0) is 6.07 Å². The van der Waals surface area contributed by atoms with Crippen molar-refractivity contribution in [2.75, 3.05) is 5.32 Å². The topological polar surface area (TPSA) is 130 Å². The van der Waals surface area contributed by atoms with E-state index >= 15 is 0 Å². The molecule has 9 heteroatoms. The summed E-state index contributed by atoms with van der Waals surface area (Å²) in [6.45, 7) is 0.0916. The maximum atomic E-state index is 11.5. The molecule has 0 radical (unpaired) electrons. The van der Waals surface area contributed by atoms with Crippen LogP contribution in [0, 0.1) is 0 Å². The van der Waals surface area contributed by atoms with Crippen LogP contribution in [0.25, 0.3) is 0 Å². The Bertz CT molecular complexity index is 583. The van der Waals surface area contributed by atoms with Gasteiger partial charge in [0, 0.05) is 6.20 Å². The molecule has 9 nitrogen and oxygen atoms in total. The number of rotatable bonds is 4. The molecule has 0 fully saturated rings. The molecule has 0 aliphatic rings. The minimum Gasteiger partial charge on any atom is -0.478 e. The van der Waals surface area contributed by atoms with Crippen molar-refractivity contribution < 1.29 is 19.2 Å². The van der Waals surface area contributed by atoms with Gasteiger partial charge in [0.25, 0.3) is 0 Å². The van der Waals surface area contributed by atoms with Crippen molar-refractivity contribution >= 4 is 17.7 Å². The lowest BCUT2D eigenvalue weighted by molar-refractivity contribution is 0.0696. The standard InChI is InChI=1S/C10H9N5O4/c16-9(17)6-1-7(3-11-2-6)14-10(18)12-4-8-13-5-19-15-8/h1-3,5H,4H2,(H,16,17)(H2,12,14,18). The first-order chi connectivity index (χ1) is 9.15. The number of hydrogen-bond donors (Lipinski definition) is 3. The van der Waals surface area contributed by atoms with Crippen LogP contribution < -0.4 is 10.6 Å². The molecule has 0 aromatic carbocycles. The maximum absolute atomic E-state index is 11.5. The third kappa shape index (κ3) is 3.49. The average molecular weight is 263 g/mol. The number of carbonyl (C=O) groups is 2. The third-order valence-corrected chi connectivity index (χ3v) is 2.06. The zero-order valence-electron chi connectivity index (χ0n) is 9.53. The van der Waals surface area contributed by atoms with Crippen LogP contribution in [-0.4, -0.2) is 32.2 Å². The number of urea groups is 1. The monoisotopic (exact) mass is 263 g/mol. The number of pyridine rings is 1. The number of aromatic nitrogens is 3. The first-order valence-corrected chi connectivity index (χ1v) is 5.13. The van der Waals surface area contributed by atoms with E-state index in [2.05, 4.69) is 30.3 Å². The fourth-order valence-corrected chi connectivity index (χ4v) is 1.23. The van der Waals surface area contributed by atoms with Crippen molar-refractivity contribution in [3.63, 3.8) is 0 Å². The Kier molecular flexibility index (Phi) is 3.67. The Labute approximate surface area is 106 Å². The molecule has 0 atom stereocenters.